The van der Waals surface area contributed by atoms with E-state index >= 15 is 0 Å². The minimum atomic E-state index is 0.619. The van der Waals surface area contributed by atoms with E-state index in [0.717, 1.165) is 38.1 Å². The van der Waals surface area contributed by atoms with Crippen molar-refractivity contribution in [2.75, 3.05) is 39.5 Å². The van der Waals surface area contributed by atoms with Crippen LogP contribution in [0.15, 0.2) is 29.3 Å². The van der Waals surface area contributed by atoms with Crippen LogP contribution in [0, 0.1) is 5.92 Å². The van der Waals surface area contributed by atoms with Gasteiger partial charge in [0.2, 0.25) is 0 Å². The second kappa shape index (κ2) is 11.9. The van der Waals surface area contributed by atoms with Crippen LogP contribution in [-0.2, 0) is 22.6 Å². The summed E-state index contributed by atoms with van der Waals surface area (Å²) in [5.74, 6) is 1.78. The molecule has 0 bridgehead atoms. The standard InChI is InChI=1S/C21H35N3O2/c1-4-22-21(24-11-7-8-18(3)16-24)23-15-19-9-6-10-20(14-19)17-26-13-12-25-5-2/h6,9-10,14,18H,4-5,7-8,11-13,15-17H2,1-3H3,(H,22,23). The number of guanidine groups is 1. The van der Waals surface area contributed by atoms with E-state index < -0.39 is 0 Å². The maximum absolute atomic E-state index is 5.67. The van der Waals surface area contributed by atoms with Crippen molar-refractivity contribution in [1.82, 2.24) is 10.2 Å². The van der Waals surface area contributed by atoms with Crippen LogP contribution in [0.4, 0.5) is 0 Å². The van der Waals surface area contributed by atoms with E-state index in [2.05, 4.69) is 48.3 Å². The highest BCUT2D eigenvalue weighted by molar-refractivity contribution is 5.80. The predicted molar refractivity (Wildman–Crippen MR) is 107 cm³/mol. The first kappa shape index (κ1) is 20.7. The molecule has 0 spiro atoms. The fourth-order valence-electron chi connectivity index (χ4n) is 3.24. The van der Waals surface area contributed by atoms with E-state index in [9.17, 15) is 0 Å². The van der Waals surface area contributed by atoms with Crippen molar-refractivity contribution in [2.45, 2.75) is 46.8 Å². The van der Waals surface area contributed by atoms with Gasteiger partial charge in [-0.15, -0.1) is 0 Å². The summed E-state index contributed by atoms with van der Waals surface area (Å²) < 4.78 is 11.0. The lowest BCUT2D eigenvalue weighted by Gasteiger charge is -2.33. The molecule has 0 aromatic heterocycles. The van der Waals surface area contributed by atoms with E-state index in [0.29, 0.717) is 26.4 Å². The fraction of sp³-hybridized carbons (Fsp3) is 0.667. The average Bonchev–Trinajstić information content (AvgIpc) is 2.65. The first-order valence-corrected chi connectivity index (χ1v) is 9.99. The number of hydrogen-bond acceptors (Lipinski definition) is 3. The van der Waals surface area contributed by atoms with Crippen LogP contribution in [0.1, 0.15) is 44.7 Å². The highest BCUT2D eigenvalue weighted by Crippen LogP contribution is 2.16. The van der Waals surface area contributed by atoms with Crippen LogP contribution >= 0.6 is 0 Å². The van der Waals surface area contributed by atoms with Crippen LogP contribution in [0.5, 0.6) is 0 Å². The van der Waals surface area contributed by atoms with Gasteiger partial charge in [0.05, 0.1) is 26.4 Å². The zero-order valence-electron chi connectivity index (χ0n) is 16.7. The molecule has 0 amide bonds. The monoisotopic (exact) mass is 361 g/mol. The predicted octanol–water partition coefficient (Wildman–Crippen LogP) is 3.44. The number of ether oxygens (including phenoxy) is 2. The quantitative estimate of drug-likeness (QED) is 0.416. The molecule has 0 radical (unpaired) electrons. The molecular formula is C21H35N3O2. The Morgan fingerprint density at radius 1 is 1.23 bits per heavy atom. The zero-order chi connectivity index (χ0) is 18.6. The van der Waals surface area contributed by atoms with Gasteiger partial charge in [0.15, 0.2) is 5.96 Å². The van der Waals surface area contributed by atoms with Crippen molar-refractivity contribution in [3.05, 3.63) is 35.4 Å². The summed E-state index contributed by atoms with van der Waals surface area (Å²) in [6.07, 6.45) is 2.57. The molecule has 1 aliphatic heterocycles. The third-order valence-electron chi connectivity index (χ3n) is 4.54. The molecule has 146 valence electrons. The molecule has 1 heterocycles. The minimum Gasteiger partial charge on any atom is -0.379 e. The van der Waals surface area contributed by atoms with Crippen molar-refractivity contribution >= 4 is 5.96 Å². The lowest BCUT2D eigenvalue weighted by Crippen LogP contribution is -2.46. The van der Waals surface area contributed by atoms with E-state index in [4.69, 9.17) is 14.5 Å². The van der Waals surface area contributed by atoms with Crippen LogP contribution in [0.25, 0.3) is 0 Å². The number of nitrogens with one attached hydrogen (secondary N) is 1. The lowest BCUT2D eigenvalue weighted by atomic mass is 10.0. The van der Waals surface area contributed by atoms with Gasteiger partial charge < -0.3 is 19.7 Å². The molecule has 1 saturated heterocycles. The minimum absolute atomic E-state index is 0.619. The van der Waals surface area contributed by atoms with Crippen LogP contribution in [0.3, 0.4) is 0 Å². The van der Waals surface area contributed by atoms with Gasteiger partial charge in [-0.25, -0.2) is 4.99 Å². The van der Waals surface area contributed by atoms with E-state index in [-0.39, 0.29) is 0 Å². The first-order valence-electron chi connectivity index (χ1n) is 9.99. The van der Waals surface area contributed by atoms with Gasteiger partial charge in [0.1, 0.15) is 0 Å². The Bertz CT molecular complexity index is 548. The Hall–Kier alpha value is -1.59. The summed E-state index contributed by atoms with van der Waals surface area (Å²) in [5.41, 5.74) is 2.40. The van der Waals surface area contributed by atoms with Crippen molar-refractivity contribution in [3.63, 3.8) is 0 Å². The first-order chi connectivity index (χ1) is 12.7. The highest BCUT2D eigenvalue weighted by Gasteiger charge is 2.18. The molecule has 0 aliphatic carbocycles. The molecule has 5 nitrogen and oxygen atoms in total. The van der Waals surface area contributed by atoms with Crippen LogP contribution in [-0.4, -0.2) is 50.3 Å². The molecule has 1 aliphatic rings. The molecule has 26 heavy (non-hydrogen) atoms. The Morgan fingerprint density at radius 2 is 2.04 bits per heavy atom. The maximum Gasteiger partial charge on any atom is 0.194 e. The van der Waals surface area contributed by atoms with Crippen LogP contribution in [0.2, 0.25) is 0 Å². The van der Waals surface area contributed by atoms with Crippen molar-refractivity contribution < 1.29 is 9.47 Å². The summed E-state index contributed by atoms with van der Waals surface area (Å²) in [6.45, 7) is 12.9. The van der Waals surface area contributed by atoms with Crippen molar-refractivity contribution in [2.24, 2.45) is 10.9 Å². The summed E-state index contributed by atoms with van der Waals surface area (Å²) in [5, 5.41) is 3.45. The summed E-state index contributed by atoms with van der Waals surface area (Å²) >= 11 is 0. The summed E-state index contributed by atoms with van der Waals surface area (Å²) in [4.78, 5) is 7.28. The summed E-state index contributed by atoms with van der Waals surface area (Å²) in [7, 11) is 0. The number of piperidine rings is 1. The second-order valence-corrected chi connectivity index (χ2v) is 6.93. The van der Waals surface area contributed by atoms with E-state index in [1.807, 2.05) is 6.92 Å². The largest absolute Gasteiger partial charge is 0.379 e. The van der Waals surface area contributed by atoms with Gasteiger partial charge in [0.25, 0.3) is 0 Å². The molecule has 1 aromatic carbocycles. The van der Waals surface area contributed by atoms with Gasteiger partial charge in [-0.2, -0.15) is 0 Å². The van der Waals surface area contributed by atoms with Crippen molar-refractivity contribution in [1.29, 1.82) is 0 Å². The third-order valence-corrected chi connectivity index (χ3v) is 4.54. The van der Waals surface area contributed by atoms with Gasteiger partial charge in [-0.1, -0.05) is 31.2 Å². The zero-order valence-corrected chi connectivity index (χ0v) is 16.7. The Kier molecular flexibility index (Phi) is 9.50. The number of rotatable bonds is 9. The number of hydrogen-bond donors (Lipinski definition) is 1. The molecule has 1 atom stereocenters. The van der Waals surface area contributed by atoms with Gasteiger partial charge in [-0.05, 0) is 43.7 Å². The van der Waals surface area contributed by atoms with Crippen LogP contribution < -0.4 is 5.32 Å². The van der Waals surface area contributed by atoms with Gasteiger partial charge in [-0.3, -0.25) is 0 Å². The normalized spacial score (nSPS) is 18.2. The number of nitrogens with zero attached hydrogens (tertiary/aromatic N) is 2. The Balaban J connectivity index is 1.90. The molecule has 1 aromatic rings. The third kappa shape index (κ3) is 7.34. The van der Waals surface area contributed by atoms with Crippen molar-refractivity contribution in [3.8, 4) is 0 Å². The fourth-order valence-corrected chi connectivity index (χ4v) is 3.24. The molecule has 0 saturated carbocycles. The number of benzene rings is 1. The molecular weight excluding hydrogens is 326 g/mol. The SMILES string of the molecule is CCNC(=NCc1cccc(COCCOCC)c1)N1CCCC(C)C1. The molecule has 1 fully saturated rings. The van der Waals surface area contributed by atoms with E-state index in [1.54, 1.807) is 0 Å². The lowest BCUT2D eigenvalue weighted by molar-refractivity contribution is 0.0453. The van der Waals surface area contributed by atoms with E-state index in [1.165, 1.54) is 24.0 Å². The molecule has 5 heteroatoms. The number of likely N-dealkylation sites (tertiary alicyclic amines) is 1. The Labute approximate surface area is 158 Å². The topological polar surface area (TPSA) is 46.1 Å². The molecule has 1 unspecified atom stereocenters. The van der Waals surface area contributed by atoms with Gasteiger partial charge >= 0.3 is 0 Å². The summed E-state index contributed by atoms with van der Waals surface area (Å²) in [6, 6.07) is 8.51. The highest BCUT2D eigenvalue weighted by atomic mass is 16.5. The number of aliphatic imine (C=N–C) groups is 1. The average molecular weight is 362 g/mol. The van der Waals surface area contributed by atoms with Gasteiger partial charge in [0, 0.05) is 26.2 Å². The molecule has 2 rings (SSSR count). The smallest absolute Gasteiger partial charge is 0.194 e. The molecule has 1 N–H and O–H groups in total. The maximum atomic E-state index is 5.67. The second-order valence-electron chi connectivity index (χ2n) is 6.93. The Morgan fingerprint density at radius 3 is 2.81 bits per heavy atom.